The molecule has 2 aromatic rings. The van der Waals surface area contributed by atoms with Crippen LogP contribution in [0.15, 0.2) is 45.3 Å². The van der Waals surface area contributed by atoms with E-state index in [4.69, 9.17) is 4.74 Å². The van der Waals surface area contributed by atoms with E-state index in [1.54, 1.807) is 0 Å². The molecule has 2 nitrogen and oxygen atoms in total. The predicted octanol–water partition coefficient (Wildman–Crippen LogP) is 5.81. The van der Waals surface area contributed by atoms with Gasteiger partial charge in [-0.1, -0.05) is 47.5 Å². The second kappa shape index (κ2) is 7.43. The highest BCUT2D eigenvalue weighted by molar-refractivity contribution is 9.11. The standard InChI is InChI=1S/C17H19Br2NO/c1-11(2)20-10-13-8-12(3)4-6-16(13)21-17-7-5-14(18)9-15(17)19/h4-9,11,20H,10H2,1-3H3. The Hall–Kier alpha value is -0.840. The third-order valence-electron chi connectivity index (χ3n) is 3.03. The molecule has 0 unspecified atom stereocenters. The van der Waals surface area contributed by atoms with Crippen LogP contribution in [0.5, 0.6) is 11.5 Å². The quantitative estimate of drug-likeness (QED) is 0.668. The first kappa shape index (κ1) is 16.5. The minimum atomic E-state index is 0.442. The van der Waals surface area contributed by atoms with Crippen LogP contribution >= 0.6 is 31.9 Å². The fourth-order valence-corrected chi connectivity index (χ4v) is 3.06. The van der Waals surface area contributed by atoms with Gasteiger partial charge in [-0.15, -0.1) is 0 Å². The first-order chi connectivity index (χ1) is 9.95. The van der Waals surface area contributed by atoms with Crippen LogP contribution in [-0.2, 0) is 6.54 Å². The highest BCUT2D eigenvalue weighted by Crippen LogP contribution is 2.33. The Balaban J connectivity index is 2.26. The van der Waals surface area contributed by atoms with E-state index in [1.807, 2.05) is 24.3 Å². The third kappa shape index (κ3) is 4.83. The summed E-state index contributed by atoms with van der Waals surface area (Å²) in [4.78, 5) is 0. The Bertz CT molecular complexity index is 626. The molecular formula is C17H19Br2NO. The highest BCUT2D eigenvalue weighted by Gasteiger charge is 2.09. The normalized spacial score (nSPS) is 11.0. The molecule has 4 heteroatoms. The molecule has 0 saturated heterocycles. The second-order valence-corrected chi connectivity index (χ2v) is 7.09. The summed E-state index contributed by atoms with van der Waals surface area (Å²) in [6.07, 6.45) is 0. The first-order valence-corrected chi connectivity index (χ1v) is 8.50. The Kier molecular flexibility index (Phi) is 5.85. The average Bonchev–Trinajstić information content (AvgIpc) is 2.41. The monoisotopic (exact) mass is 411 g/mol. The lowest BCUT2D eigenvalue weighted by Gasteiger charge is -2.15. The van der Waals surface area contributed by atoms with Crippen LogP contribution < -0.4 is 10.1 Å². The number of halogens is 2. The lowest BCUT2D eigenvalue weighted by molar-refractivity contribution is 0.466. The molecule has 0 heterocycles. The summed E-state index contributed by atoms with van der Waals surface area (Å²) in [7, 11) is 0. The molecule has 0 aliphatic heterocycles. The molecule has 0 aliphatic rings. The van der Waals surface area contributed by atoms with Crippen molar-refractivity contribution in [3.05, 3.63) is 56.5 Å². The molecule has 0 aliphatic carbocycles. The van der Waals surface area contributed by atoms with Gasteiger partial charge in [-0.2, -0.15) is 0 Å². The maximum absolute atomic E-state index is 6.07. The maximum atomic E-state index is 6.07. The SMILES string of the molecule is Cc1ccc(Oc2ccc(Br)cc2Br)c(CNC(C)C)c1. The second-order valence-electron chi connectivity index (χ2n) is 5.32. The Morgan fingerprint density at radius 3 is 2.43 bits per heavy atom. The van der Waals surface area contributed by atoms with Gasteiger partial charge in [0.25, 0.3) is 0 Å². The van der Waals surface area contributed by atoms with Crippen LogP contribution in [0, 0.1) is 6.92 Å². The average molecular weight is 413 g/mol. The van der Waals surface area contributed by atoms with Crippen LogP contribution in [0.4, 0.5) is 0 Å². The van der Waals surface area contributed by atoms with Crippen LogP contribution in [0.1, 0.15) is 25.0 Å². The van der Waals surface area contributed by atoms with Crippen molar-refractivity contribution < 1.29 is 4.74 Å². The zero-order chi connectivity index (χ0) is 15.4. The van der Waals surface area contributed by atoms with Crippen molar-refractivity contribution in [3.63, 3.8) is 0 Å². The first-order valence-electron chi connectivity index (χ1n) is 6.91. The minimum absolute atomic E-state index is 0.442. The van der Waals surface area contributed by atoms with Crippen molar-refractivity contribution >= 4 is 31.9 Å². The van der Waals surface area contributed by atoms with Crippen molar-refractivity contribution in [2.24, 2.45) is 0 Å². The minimum Gasteiger partial charge on any atom is -0.456 e. The van der Waals surface area contributed by atoms with Gasteiger partial charge in [0.05, 0.1) is 4.47 Å². The predicted molar refractivity (Wildman–Crippen MR) is 95.1 cm³/mol. The van der Waals surface area contributed by atoms with E-state index < -0.39 is 0 Å². The maximum Gasteiger partial charge on any atom is 0.141 e. The fourth-order valence-electron chi connectivity index (χ4n) is 1.94. The lowest BCUT2D eigenvalue weighted by atomic mass is 10.1. The zero-order valence-electron chi connectivity index (χ0n) is 12.4. The van der Waals surface area contributed by atoms with Gasteiger partial charge in [0.1, 0.15) is 11.5 Å². The molecule has 0 radical (unpaired) electrons. The van der Waals surface area contributed by atoms with E-state index in [9.17, 15) is 0 Å². The van der Waals surface area contributed by atoms with Gasteiger partial charge in [-0.3, -0.25) is 0 Å². The van der Waals surface area contributed by atoms with Crippen molar-refractivity contribution in [2.75, 3.05) is 0 Å². The van der Waals surface area contributed by atoms with Gasteiger partial charge < -0.3 is 10.1 Å². The van der Waals surface area contributed by atoms with E-state index in [2.05, 4.69) is 70.1 Å². The van der Waals surface area contributed by atoms with E-state index in [1.165, 1.54) is 11.1 Å². The number of rotatable bonds is 5. The summed E-state index contributed by atoms with van der Waals surface area (Å²) in [5, 5.41) is 3.44. The van der Waals surface area contributed by atoms with Crippen molar-refractivity contribution in [2.45, 2.75) is 33.4 Å². The summed E-state index contributed by atoms with van der Waals surface area (Å²) in [5.41, 5.74) is 2.40. The smallest absolute Gasteiger partial charge is 0.141 e. The van der Waals surface area contributed by atoms with Gasteiger partial charge >= 0.3 is 0 Å². The van der Waals surface area contributed by atoms with E-state index in [0.29, 0.717) is 6.04 Å². The third-order valence-corrected chi connectivity index (χ3v) is 4.14. The van der Waals surface area contributed by atoms with Gasteiger partial charge in [-0.05, 0) is 47.1 Å². The molecular weight excluding hydrogens is 394 g/mol. The van der Waals surface area contributed by atoms with E-state index >= 15 is 0 Å². The Labute approximate surface area is 143 Å². The molecule has 1 N–H and O–H groups in total. The van der Waals surface area contributed by atoms with Crippen LogP contribution in [0.25, 0.3) is 0 Å². The summed E-state index contributed by atoms with van der Waals surface area (Å²) < 4.78 is 8.03. The Morgan fingerprint density at radius 2 is 1.76 bits per heavy atom. The van der Waals surface area contributed by atoms with Crippen molar-refractivity contribution in [1.29, 1.82) is 0 Å². The van der Waals surface area contributed by atoms with E-state index in [0.717, 1.165) is 27.0 Å². The van der Waals surface area contributed by atoms with Crippen LogP contribution in [0.2, 0.25) is 0 Å². The molecule has 0 atom stereocenters. The largest absolute Gasteiger partial charge is 0.456 e. The summed E-state index contributed by atoms with van der Waals surface area (Å²) in [6.45, 7) is 7.17. The van der Waals surface area contributed by atoms with Crippen LogP contribution in [-0.4, -0.2) is 6.04 Å². The molecule has 0 fully saturated rings. The highest BCUT2D eigenvalue weighted by atomic mass is 79.9. The van der Waals surface area contributed by atoms with Gasteiger partial charge in [0.15, 0.2) is 0 Å². The molecule has 0 saturated carbocycles. The summed E-state index contributed by atoms with van der Waals surface area (Å²) >= 11 is 6.99. The van der Waals surface area contributed by atoms with Gasteiger partial charge in [0, 0.05) is 22.6 Å². The van der Waals surface area contributed by atoms with Gasteiger partial charge in [-0.25, -0.2) is 0 Å². The topological polar surface area (TPSA) is 21.3 Å². The number of nitrogens with one attached hydrogen (secondary N) is 1. The lowest BCUT2D eigenvalue weighted by Crippen LogP contribution is -2.22. The molecule has 0 bridgehead atoms. The molecule has 0 aromatic heterocycles. The van der Waals surface area contributed by atoms with Crippen molar-refractivity contribution in [3.8, 4) is 11.5 Å². The molecule has 0 amide bonds. The van der Waals surface area contributed by atoms with Crippen molar-refractivity contribution in [1.82, 2.24) is 5.32 Å². The number of hydrogen-bond acceptors (Lipinski definition) is 2. The fraction of sp³-hybridized carbons (Fsp3) is 0.294. The molecule has 21 heavy (non-hydrogen) atoms. The number of benzene rings is 2. The number of ether oxygens (including phenoxy) is 1. The van der Waals surface area contributed by atoms with E-state index in [-0.39, 0.29) is 0 Å². The number of aryl methyl sites for hydroxylation is 1. The molecule has 2 aromatic carbocycles. The van der Waals surface area contributed by atoms with Crippen LogP contribution in [0.3, 0.4) is 0 Å². The molecule has 112 valence electrons. The summed E-state index contributed by atoms with van der Waals surface area (Å²) in [5.74, 6) is 1.70. The van der Waals surface area contributed by atoms with Gasteiger partial charge in [0.2, 0.25) is 0 Å². The molecule has 0 spiro atoms. The Morgan fingerprint density at radius 1 is 1.05 bits per heavy atom. The number of hydrogen-bond donors (Lipinski definition) is 1. The zero-order valence-corrected chi connectivity index (χ0v) is 15.6. The summed E-state index contributed by atoms with van der Waals surface area (Å²) in [6, 6.07) is 12.6. The molecule has 2 rings (SSSR count).